The summed E-state index contributed by atoms with van der Waals surface area (Å²) in [5.74, 6) is -4.52. The molecule has 28 heavy (non-hydrogen) atoms. The van der Waals surface area contributed by atoms with Crippen LogP contribution in [0.25, 0.3) is 0 Å². The minimum Gasteiger partial charge on any atom is -0.481 e. The predicted octanol–water partition coefficient (Wildman–Crippen LogP) is 1.28. The number of carboxylic acids is 3. The van der Waals surface area contributed by atoms with Crippen LogP contribution in [-0.2, 0) is 14.4 Å². The Morgan fingerprint density at radius 1 is 1.04 bits per heavy atom. The first kappa shape index (κ1) is 21.1. The average molecular weight is 404 g/mol. The van der Waals surface area contributed by atoms with Crippen LogP contribution in [0.1, 0.15) is 23.7 Å². The average Bonchev–Trinajstić information content (AvgIpc) is 3.13. The van der Waals surface area contributed by atoms with Crippen molar-refractivity contribution in [1.29, 1.82) is 0 Å². The van der Waals surface area contributed by atoms with E-state index >= 15 is 0 Å². The molecule has 12 heteroatoms. The summed E-state index contributed by atoms with van der Waals surface area (Å²) in [4.78, 5) is 48.8. The van der Waals surface area contributed by atoms with Crippen LogP contribution in [0.15, 0.2) is 18.3 Å². The van der Waals surface area contributed by atoms with Gasteiger partial charge in [0.05, 0.1) is 0 Å². The third kappa shape index (κ3) is 3.49. The summed E-state index contributed by atoms with van der Waals surface area (Å²) >= 11 is 0. The number of carbonyl (C=O) groups excluding carboxylic acids is 1. The van der Waals surface area contributed by atoms with E-state index in [1.807, 2.05) is 0 Å². The second-order valence-electron chi connectivity index (χ2n) is 6.57. The number of anilines is 1. The Balaban J connectivity index is 0.000000345. The molecule has 1 aliphatic carbocycles. The number of alkyl halides is 3. The van der Waals surface area contributed by atoms with Gasteiger partial charge < -0.3 is 20.2 Å². The largest absolute Gasteiger partial charge is 0.490 e. The van der Waals surface area contributed by atoms with Gasteiger partial charge in [0.2, 0.25) is 0 Å². The lowest BCUT2D eigenvalue weighted by molar-refractivity contribution is -0.192. The molecule has 0 amide bonds. The number of rotatable bonds is 4. The van der Waals surface area contributed by atoms with Crippen molar-refractivity contribution in [3.05, 3.63) is 23.9 Å². The zero-order valence-corrected chi connectivity index (χ0v) is 14.4. The second-order valence-corrected chi connectivity index (χ2v) is 6.57. The van der Waals surface area contributed by atoms with Gasteiger partial charge in [0.1, 0.15) is 16.6 Å². The topological polar surface area (TPSA) is 145 Å². The van der Waals surface area contributed by atoms with Gasteiger partial charge in [-0.25, -0.2) is 9.78 Å². The number of hydrogen-bond acceptors (Lipinski definition) is 6. The van der Waals surface area contributed by atoms with Gasteiger partial charge in [-0.15, -0.1) is 0 Å². The number of halogens is 3. The molecule has 2 atom stereocenters. The first-order valence-electron chi connectivity index (χ1n) is 7.76. The van der Waals surface area contributed by atoms with Crippen molar-refractivity contribution in [2.45, 2.75) is 19.5 Å². The first-order valence-corrected chi connectivity index (χ1v) is 7.76. The summed E-state index contributed by atoms with van der Waals surface area (Å²) in [6.07, 6.45) is -3.50. The zero-order valence-electron chi connectivity index (χ0n) is 14.4. The summed E-state index contributed by atoms with van der Waals surface area (Å²) in [7, 11) is 0. The van der Waals surface area contributed by atoms with Gasteiger partial charge >= 0.3 is 24.1 Å². The minimum absolute atomic E-state index is 0.109. The molecule has 152 valence electrons. The standard InChI is InChI=1S/C14H14N2O5.C2HF3O2/c1-8(17)9-2-3-10(15-4-9)16-6-13(11(18)19)5-14(13,7-16)12(20)21;3-2(4,5)1(6)7/h2-4H,5-7H2,1H3,(H,18,19)(H,20,21);(H,6,7)/t13-,14+;. The van der Waals surface area contributed by atoms with Gasteiger partial charge in [0.15, 0.2) is 5.78 Å². The zero-order chi connectivity index (χ0) is 21.5. The molecule has 0 spiro atoms. The fraction of sp³-hybridized carbons (Fsp3) is 0.438. The molecular weight excluding hydrogens is 389 g/mol. The van der Waals surface area contributed by atoms with Crippen LogP contribution in [0.3, 0.4) is 0 Å². The van der Waals surface area contributed by atoms with Crippen molar-refractivity contribution in [2.24, 2.45) is 10.8 Å². The molecule has 0 aromatic carbocycles. The molecule has 1 aromatic rings. The molecule has 0 bridgehead atoms. The fourth-order valence-corrected chi connectivity index (χ4v) is 3.23. The summed E-state index contributed by atoms with van der Waals surface area (Å²) in [5.41, 5.74) is -1.98. The number of nitrogens with zero attached hydrogens (tertiary/aromatic N) is 2. The number of aromatic nitrogens is 1. The number of fused-ring (bicyclic) bond motifs is 1. The lowest BCUT2D eigenvalue weighted by Gasteiger charge is -2.21. The summed E-state index contributed by atoms with van der Waals surface area (Å²) < 4.78 is 31.7. The third-order valence-corrected chi connectivity index (χ3v) is 4.86. The molecule has 3 N–H and O–H groups in total. The molecular formula is C16H15F3N2O7. The number of ketones is 1. The molecule has 2 aliphatic rings. The fourth-order valence-electron chi connectivity index (χ4n) is 3.23. The number of carbonyl (C=O) groups is 4. The monoisotopic (exact) mass is 404 g/mol. The number of carboxylic acid groups (broad SMARTS) is 3. The first-order chi connectivity index (χ1) is 12.8. The van der Waals surface area contributed by atoms with E-state index in [1.54, 1.807) is 17.0 Å². The Labute approximate surface area is 155 Å². The number of Topliss-reactive ketones (excluding diaryl/α,β-unsaturated/α-hetero) is 1. The molecule has 3 rings (SSSR count). The van der Waals surface area contributed by atoms with Crippen LogP contribution < -0.4 is 4.90 Å². The molecule has 1 saturated carbocycles. The van der Waals surface area contributed by atoms with Crippen molar-refractivity contribution in [3.63, 3.8) is 0 Å². The van der Waals surface area contributed by atoms with Gasteiger partial charge in [-0.1, -0.05) is 0 Å². The van der Waals surface area contributed by atoms with E-state index in [2.05, 4.69) is 4.98 Å². The van der Waals surface area contributed by atoms with Gasteiger partial charge in [0, 0.05) is 24.8 Å². The molecule has 9 nitrogen and oxygen atoms in total. The predicted molar refractivity (Wildman–Crippen MR) is 84.9 cm³/mol. The van der Waals surface area contributed by atoms with Gasteiger partial charge in [-0.05, 0) is 25.5 Å². The van der Waals surface area contributed by atoms with Crippen molar-refractivity contribution in [2.75, 3.05) is 18.0 Å². The SMILES string of the molecule is CC(=O)c1ccc(N2C[C@@]3(C(=O)O)C[C@@]3(C(=O)O)C2)nc1.O=C(O)C(F)(F)F. The van der Waals surface area contributed by atoms with Crippen molar-refractivity contribution in [3.8, 4) is 0 Å². The Morgan fingerprint density at radius 3 is 1.79 bits per heavy atom. The van der Waals surface area contributed by atoms with Crippen LogP contribution in [0.2, 0.25) is 0 Å². The van der Waals surface area contributed by atoms with Crippen LogP contribution in [-0.4, -0.2) is 63.3 Å². The third-order valence-electron chi connectivity index (χ3n) is 4.86. The molecule has 0 radical (unpaired) electrons. The Bertz CT molecular complexity index is 812. The normalized spacial score (nSPS) is 25.2. The molecule has 2 heterocycles. The maximum atomic E-state index is 11.4. The highest BCUT2D eigenvalue weighted by molar-refractivity contribution is 5.96. The van der Waals surface area contributed by atoms with Crippen molar-refractivity contribution >= 4 is 29.5 Å². The molecule has 0 unspecified atom stereocenters. The van der Waals surface area contributed by atoms with E-state index in [9.17, 15) is 37.8 Å². The van der Waals surface area contributed by atoms with E-state index in [0.29, 0.717) is 11.4 Å². The Hall–Kier alpha value is -3.18. The summed E-state index contributed by atoms with van der Waals surface area (Å²) in [6, 6.07) is 3.22. The van der Waals surface area contributed by atoms with Crippen LogP contribution >= 0.6 is 0 Å². The van der Waals surface area contributed by atoms with E-state index in [4.69, 9.17) is 9.90 Å². The number of hydrogen-bond donors (Lipinski definition) is 3. The second kappa shape index (κ2) is 6.77. The van der Waals surface area contributed by atoms with Crippen LogP contribution in [0, 0.1) is 10.8 Å². The maximum Gasteiger partial charge on any atom is 0.490 e. The molecule has 2 fully saturated rings. The minimum atomic E-state index is -5.08. The smallest absolute Gasteiger partial charge is 0.481 e. The Kier molecular flexibility index (Phi) is 5.10. The molecule has 1 saturated heterocycles. The number of piperidine rings is 1. The highest BCUT2D eigenvalue weighted by Gasteiger charge is 2.81. The van der Waals surface area contributed by atoms with E-state index in [-0.39, 0.29) is 25.3 Å². The van der Waals surface area contributed by atoms with E-state index in [1.165, 1.54) is 13.1 Å². The highest BCUT2D eigenvalue weighted by atomic mass is 19.4. The van der Waals surface area contributed by atoms with Crippen molar-refractivity contribution < 1.29 is 47.7 Å². The number of aliphatic carboxylic acids is 3. The quantitative estimate of drug-likeness (QED) is 0.632. The molecule has 1 aromatic heterocycles. The maximum absolute atomic E-state index is 11.4. The lowest BCUT2D eigenvalue weighted by atomic mass is 9.97. The van der Waals surface area contributed by atoms with E-state index in [0.717, 1.165) is 0 Å². The lowest BCUT2D eigenvalue weighted by Crippen LogP contribution is -2.29. The van der Waals surface area contributed by atoms with Crippen LogP contribution in [0.5, 0.6) is 0 Å². The Morgan fingerprint density at radius 2 is 1.50 bits per heavy atom. The highest BCUT2D eigenvalue weighted by Crippen LogP contribution is 2.68. The summed E-state index contributed by atoms with van der Waals surface area (Å²) in [5, 5.41) is 25.8. The summed E-state index contributed by atoms with van der Waals surface area (Å²) in [6.45, 7) is 1.68. The van der Waals surface area contributed by atoms with Gasteiger partial charge in [-0.3, -0.25) is 14.4 Å². The van der Waals surface area contributed by atoms with Gasteiger partial charge in [-0.2, -0.15) is 13.2 Å². The van der Waals surface area contributed by atoms with Crippen molar-refractivity contribution in [1.82, 2.24) is 4.98 Å². The van der Waals surface area contributed by atoms with Crippen LogP contribution in [0.4, 0.5) is 19.0 Å². The van der Waals surface area contributed by atoms with E-state index < -0.39 is 34.9 Å². The molecule has 1 aliphatic heterocycles. The van der Waals surface area contributed by atoms with Gasteiger partial charge in [0.25, 0.3) is 0 Å². The number of pyridine rings is 1.